The summed E-state index contributed by atoms with van der Waals surface area (Å²) in [6.45, 7) is 3.51. The van der Waals surface area contributed by atoms with Crippen molar-refractivity contribution in [3.8, 4) is 0 Å². The van der Waals surface area contributed by atoms with Crippen LogP contribution in [-0.2, 0) is 11.3 Å². The Kier molecular flexibility index (Phi) is 5.58. The molecule has 0 radical (unpaired) electrons. The predicted octanol–water partition coefficient (Wildman–Crippen LogP) is 2.88. The minimum Gasteiger partial charge on any atom is -0.355 e. The number of halogens is 1. The minimum absolute atomic E-state index is 0.0255. The Labute approximate surface area is 129 Å². The summed E-state index contributed by atoms with van der Waals surface area (Å²) in [5, 5.41) is 3.53. The first-order valence-electron chi connectivity index (χ1n) is 6.80. The summed E-state index contributed by atoms with van der Waals surface area (Å²) in [6.07, 6.45) is 1.77. The van der Waals surface area contributed by atoms with Crippen molar-refractivity contribution in [1.29, 1.82) is 0 Å². The van der Waals surface area contributed by atoms with E-state index < -0.39 is 0 Å². The third kappa shape index (κ3) is 5.08. The molecule has 1 N–H and O–H groups in total. The second kappa shape index (κ2) is 7.64. The van der Waals surface area contributed by atoms with Crippen LogP contribution in [-0.4, -0.2) is 24.0 Å². The predicted molar refractivity (Wildman–Crippen MR) is 85.4 cm³/mol. The molecule has 2 rings (SSSR count). The molecule has 110 valence electrons. The molecule has 1 heterocycles. The maximum atomic E-state index is 11.0. The maximum Gasteiger partial charge on any atom is 0.216 e. The summed E-state index contributed by atoms with van der Waals surface area (Å²) < 4.78 is 0. The molecule has 0 fully saturated rings. The number of aromatic nitrogens is 1. The molecule has 0 saturated heterocycles. The SMILES string of the molecule is CC(=O)NCCN(Cc1ccc(Cl)cc1)c1ccccn1. The third-order valence-electron chi connectivity index (χ3n) is 3.02. The van der Waals surface area contributed by atoms with Crippen molar-refractivity contribution in [2.45, 2.75) is 13.5 Å². The third-order valence-corrected chi connectivity index (χ3v) is 3.27. The fraction of sp³-hybridized carbons (Fsp3) is 0.250. The van der Waals surface area contributed by atoms with Crippen LogP contribution in [0, 0.1) is 0 Å². The van der Waals surface area contributed by atoms with Crippen LogP contribution in [0.2, 0.25) is 5.02 Å². The second-order valence-corrected chi connectivity index (χ2v) is 5.16. The topological polar surface area (TPSA) is 45.2 Å². The molecule has 4 nitrogen and oxygen atoms in total. The fourth-order valence-electron chi connectivity index (χ4n) is 1.99. The Morgan fingerprint density at radius 2 is 2.00 bits per heavy atom. The quantitative estimate of drug-likeness (QED) is 0.892. The van der Waals surface area contributed by atoms with Gasteiger partial charge in [0, 0.05) is 37.8 Å². The number of amides is 1. The number of anilines is 1. The number of hydrogen-bond acceptors (Lipinski definition) is 3. The molecule has 1 amide bonds. The molecule has 0 bridgehead atoms. The largest absolute Gasteiger partial charge is 0.355 e. The highest BCUT2D eigenvalue weighted by Crippen LogP contribution is 2.15. The van der Waals surface area contributed by atoms with Crippen molar-refractivity contribution in [2.75, 3.05) is 18.0 Å². The van der Waals surface area contributed by atoms with E-state index in [9.17, 15) is 4.79 Å². The van der Waals surface area contributed by atoms with Gasteiger partial charge in [-0.15, -0.1) is 0 Å². The molecule has 0 unspecified atom stereocenters. The lowest BCUT2D eigenvalue weighted by Crippen LogP contribution is -2.34. The van der Waals surface area contributed by atoms with Gasteiger partial charge in [0.25, 0.3) is 0 Å². The van der Waals surface area contributed by atoms with Gasteiger partial charge in [0.1, 0.15) is 5.82 Å². The smallest absolute Gasteiger partial charge is 0.216 e. The summed E-state index contributed by atoms with van der Waals surface area (Å²) in [7, 11) is 0. The zero-order valence-electron chi connectivity index (χ0n) is 11.9. The first kappa shape index (κ1) is 15.3. The monoisotopic (exact) mass is 303 g/mol. The number of rotatable bonds is 6. The van der Waals surface area contributed by atoms with Crippen molar-refractivity contribution in [3.63, 3.8) is 0 Å². The normalized spacial score (nSPS) is 10.2. The number of hydrogen-bond donors (Lipinski definition) is 1. The zero-order valence-corrected chi connectivity index (χ0v) is 12.7. The Morgan fingerprint density at radius 3 is 2.62 bits per heavy atom. The molecule has 0 aliphatic carbocycles. The van der Waals surface area contributed by atoms with Crippen LogP contribution in [0.3, 0.4) is 0 Å². The van der Waals surface area contributed by atoms with Crippen LogP contribution in [0.1, 0.15) is 12.5 Å². The van der Waals surface area contributed by atoms with Crippen molar-refractivity contribution < 1.29 is 4.79 Å². The van der Waals surface area contributed by atoms with Crippen LogP contribution in [0.5, 0.6) is 0 Å². The first-order valence-corrected chi connectivity index (χ1v) is 7.18. The molecule has 0 spiro atoms. The molecular weight excluding hydrogens is 286 g/mol. The lowest BCUT2D eigenvalue weighted by atomic mass is 10.2. The van der Waals surface area contributed by atoms with Crippen LogP contribution in [0.25, 0.3) is 0 Å². The molecular formula is C16H18ClN3O. The molecule has 1 aromatic carbocycles. The Morgan fingerprint density at radius 1 is 1.24 bits per heavy atom. The summed E-state index contributed by atoms with van der Waals surface area (Å²) in [6, 6.07) is 13.5. The zero-order chi connectivity index (χ0) is 15.1. The number of pyridine rings is 1. The number of benzene rings is 1. The minimum atomic E-state index is -0.0255. The van der Waals surface area contributed by atoms with Crippen molar-refractivity contribution in [2.24, 2.45) is 0 Å². The lowest BCUT2D eigenvalue weighted by molar-refractivity contribution is -0.118. The van der Waals surface area contributed by atoms with Crippen molar-refractivity contribution >= 4 is 23.3 Å². The van der Waals surface area contributed by atoms with E-state index in [2.05, 4.69) is 15.2 Å². The van der Waals surface area contributed by atoms with Gasteiger partial charge in [0.15, 0.2) is 0 Å². The molecule has 0 aliphatic rings. The van der Waals surface area contributed by atoms with Gasteiger partial charge in [0.2, 0.25) is 5.91 Å². The molecule has 21 heavy (non-hydrogen) atoms. The van der Waals surface area contributed by atoms with E-state index in [-0.39, 0.29) is 5.91 Å². The number of nitrogens with one attached hydrogen (secondary N) is 1. The molecule has 5 heteroatoms. The summed E-state index contributed by atoms with van der Waals surface area (Å²) in [5.74, 6) is 0.861. The van der Waals surface area contributed by atoms with E-state index in [1.54, 1.807) is 6.20 Å². The molecule has 1 aromatic heterocycles. The van der Waals surface area contributed by atoms with Gasteiger partial charge in [-0.3, -0.25) is 4.79 Å². The summed E-state index contributed by atoms with van der Waals surface area (Å²) in [5.41, 5.74) is 1.15. The van der Waals surface area contributed by atoms with Gasteiger partial charge in [-0.25, -0.2) is 4.98 Å². The van der Waals surface area contributed by atoms with Gasteiger partial charge >= 0.3 is 0 Å². The number of nitrogens with zero attached hydrogens (tertiary/aromatic N) is 2. The van der Waals surface area contributed by atoms with E-state index in [0.29, 0.717) is 19.6 Å². The molecule has 0 aliphatic heterocycles. The van der Waals surface area contributed by atoms with Gasteiger partial charge in [0.05, 0.1) is 0 Å². The molecule has 0 atom stereocenters. The molecule has 0 saturated carbocycles. The standard InChI is InChI=1S/C16H18ClN3O/c1-13(21)18-10-11-20(16-4-2-3-9-19-16)12-14-5-7-15(17)8-6-14/h2-9H,10-12H2,1H3,(H,18,21). The second-order valence-electron chi connectivity index (χ2n) is 4.72. The maximum absolute atomic E-state index is 11.0. The van der Waals surface area contributed by atoms with E-state index in [1.807, 2.05) is 42.5 Å². The van der Waals surface area contributed by atoms with E-state index in [0.717, 1.165) is 16.4 Å². The first-order chi connectivity index (χ1) is 10.1. The average molecular weight is 304 g/mol. The summed E-state index contributed by atoms with van der Waals surface area (Å²) in [4.78, 5) is 17.5. The number of carbonyl (C=O) groups excluding carboxylic acids is 1. The lowest BCUT2D eigenvalue weighted by Gasteiger charge is -2.24. The Hall–Kier alpha value is -2.07. The number of carbonyl (C=O) groups is 1. The average Bonchev–Trinajstić information content (AvgIpc) is 2.49. The highest BCUT2D eigenvalue weighted by atomic mass is 35.5. The molecule has 2 aromatic rings. The van der Waals surface area contributed by atoms with Crippen molar-refractivity contribution in [1.82, 2.24) is 10.3 Å². The Bertz CT molecular complexity index is 572. The van der Waals surface area contributed by atoms with Crippen LogP contribution >= 0.6 is 11.6 Å². The van der Waals surface area contributed by atoms with E-state index in [1.165, 1.54) is 6.92 Å². The van der Waals surface area contributed by atoms with Gasteiger partial charge in [-0.2, -0.15) is 0 Å². The van der Waals surface area contributed by atoms with E-state index >= 15 is 0 Å². The Balaban J connectivity index is 2.07. The van der Waals surface area contributed by atoms with Crippen LogP contribution in [0.4, 0.5) is 5.82 Å². The van der Waals surface area contributed by atoms with Crippen LogP contribution < -0.4 is 10.2 Å². The van der Waals surface area contributed by atoms with E-state index in [4.69, 9.17) is 11.6 Å². The van der Waals surface area contributed by atoms with Crippen LogP contribution in [0.15, 0.2) is 48.7 Å². The summed E-state index contributed by atoms with van der Waals surface area (Å²) >= 11 is 5.91. The highest BCUT2D eigenvalue weighted by molar-refractivity contribution is 6.30. The van der Waals surface area contributed by atoms with Gasteiger partial charge in [-0.1, -0.05) is 29.8 Å². The fourth-order valence-corrected chi connectivity index (χ4v) is 2.12. The van der Waals surface area contributed by atoms with Gasteiger partial charge < -0.3 is 10.2 Å². The highest BCUT2D eigenvalue weighted by Gasteiger charge is 2.08. The van der Waals surface area contributed by atoms with Crippen molar-refractivity contribution in [3.05, 3.63) is 59.2 Å². The van der Waals surface area contributed by atoms with Gasteiger partial charge in [-0.05, 0) is 29.8 Å².